The normalized spacial score (nSPS) is 28.4. The van der Waals surface area contributed by atoms with Gasteiger partial charge in [0.05, 0.1) is 12.6 Å². The lowest BCUT2D eigenvalue weighted by atomic mass is 9.69. The second-order valence-electron chi connectivity index (χ2n) is 5.40. The van der Waals surface area contributed by atoms with Gasteiger partial charge in [-0.1, -0.05) is 33.6 Å². The van der Waals surface area contributed by atoms with Crippen molar-refractivity contribution in [2.24, 2.45) is 11.3 Å². The topological polar surface area (TPSA) is 35.8 Å². The molecule has 0 saturated heterocycles. The van der Waals surface area contributed by atoms with E-state index in [2.05, 4.69) is 32.2 Å². The molecule has 1 N–H and O–H groups in total. The van der Waals surface area contributed by atoms with Crippen LogP contribution in [0.5, 0.6) is 0 Å². The Bertz CT molecular complexity index is 209. The van der Waals surface area contributed by atoms with Crippen LogP contribution in [-0.2, 0) is 0 Å². The molecule has 0 heterocycles. The second-order valence-corrected chi connectivity index (χ2v) is 5.40. The Balaban J connectivity index is 2.56. The quantitative estimate of drug-likeness (QED) is 0.686. The molecule has 0 bridgehead atoms. The van der Waals surface area contributed by atoms with E-state index in [1.807, 2.05) is 0 Å². The van der Waals surface area contributed by atoms with Gasteiger partial charge in [-0.05, 0) is 24.2 Å². The fourth-order valence-electron chi connectivity index (χ4n) is 2.59. The van der Waals surface area contributed by atoms with Crippen molar-refractivity contribution in [3.63, 3.8) is 0 Å². The first kappa shape index (κ1) is 11.5. The summed E-state index contributed by atoms with van der Waals surface area (Å²) in [6.07, 6.45) is 5.22. The molecule has 0 aliphatic heterocycles. The highest BCUT2D eigenvalue weighted by Crippen LogP contribution is 2.37. The number of hydrogen-bond acceptors (Lipinski definition) is 2. The summed E-state index contributed by atoms with van der Waals surface area (Å²) in [6, 6.07) is 2.73. The van der Waals surface area contributed by atoms with Gasteiger partial charge in [-0.3, -0.25) is 0 Å². The van der Waals surface area contributed by atoms with Crippen molar-refractivity contribution in [1.29, 1.82) is 5.26 Å². The van der Waals surface area contributed by atoms with Gasteiger partial charge in [-0.15, -0.1) is 0 Å². The molecule has 0 aromatic carbocycles. The van der Waals surface area contributed by atoms with E-state index >= 15 is 0 Å². The van der Waals surface area contributed by atoms with Gasteiger partial charge in [0.15, 0.2) is 0 Å². The Morgan fingerprint density at radius 2 is 1.93 bits per heavy atom. The summed E-state index contributed by atoms with van der Waals surface area (Å²) in [4.78, 5) is 0. The number of nitriles is 1. The summed E-state index contributed by atoms with van der Waals surface area (Å²) in [5.74, 6) is 0.726. The summed E-state index contributed by atoms with van der Waals surface area (Å²) in [7, 11) is 0. The van der Waals surface area contributed by atoms with E-state index in [1.165, 1.54) is 25.7 Å². The fourth-order valence-corrected chi connectivity index (χ4v) is 2.59. The largest absolute Gasteiger partial charge is 0.301 e. The van der Waals surface area contributed by atoms with Gasteiger partial charge >= 0.3 is 0 Å². The predicted octanol–water partition coefficient (Wildman–Crippen LogP) is 2.70. The molecule has 0 aromatic rings. The maximum Gasteiger partial charge on any atom is 0.0843 e. The molecule has 2 unspecified atom stereocenters. The number of nitrogens with zero attached hydrogens (tertiary/aromatic N) is 1. The van der Waals surface area contributed by atoms with E-state index < -0.39 is 0 Å². The summed E-state index contributed by atoms with van der Waals surface area (Å²) in [5.41, 5.74) is 0.369. The Morgan fingerprint density at radius 1 is 1.29 bits per heavy atom. The summed E-state index contributed by atoms with van der Waals surface area (Å²) in [6.45, 7) is 7.43. The van der Waals surface area contributed by atoms with Gasteiger partial charge in [0.1, 0.15) is 0 Å². The van der Waals surface area contributed by atoms with E-state index in [0.29, 0.717) is 18.0 Å². The zero-order valence-electron chi connectivity index (χ0n) is 9.64. The van der Waals surface area contributed by atoms with Gasteiger partial charge in [-0.25, -0.2) is 0 Å². The molecule has 1 aliphatic carbocycles. The van der Waals surface area contributed by atoms with Crippen molar-refractivity contribution >= 4 is 0 Å². The summed E-state index contributed by atoms with van der Waals surface area (Å²) in [5, 5.41) is 11.9. The molecule has 1 saturated carbocycles. The van der Waals surface area contributed by atoms with Gasteiger partial charge in [0, 0.05) is 6.04 Å². The molecular formula is C12H22N2. The molecular weight excluding hydrogens is 172 g/mol. The van der Waals surface area contributed by atoms with E-state index in [9.17, 15) is 0 Å². The van der Waals surface area contributed by atoms with Gasteiger partial charge in [0.2, 0.25) is 0 Å². The lowest BCUT2D eigenvalue weighted by Crippen LogP contribution is -2.44. The van der Waals surface area contributed by atoms with Gasteiger partial charge < -0.3 is 5.32 Å². The first-order chi connectivity index (χ1) is 6.55. The van der Waals surface area contributed by atoms with Crippen LogP contribution in [0.1, 0.15) is 46.5 Å². The molecule has 1 aliphatic rings. The van der Waals surface area contributed by atoms with E-state index in [-0.39, 0.29) is 0 Å². The zero-order chi connectivity index (χ0) is 10.6. The van der Waals surface area contributed by atoms with Crippen molar-refractivity contribution in [1.82, 2.24) is 5.32 Å². The van der Waals surface area contributed by atoms with Crippen molar-refractivity contribution in [3.05, 3.63) is 0 Å². The molecule has 2 nitrogen and oxygen atoms in total. The maximum atomic E-state index is 8.57. The average molecular weight is 194 g/mol. The van der Waals surface area contributed by atoms with Crippen molar-refractivity contribution in [3.8, 4) is 6.07 Å². The van der Waals surface area contributed by atoms with Crippen molar-refractivity contribution in [2.45, 2.75) is 52.5 Å². The van der Waals surface area contributed by atoms with Crippen LogP contribution in [0.25, 0.3) is 0 Å². The molecule has 0 aromatic heterocycles. The molecule has 0 radical (unpaired) electrons. The molecule has 80 valence electrons. The van der Waals surface area contributed by atoms with Crippen LogP contribution in [0.3, 0.4) is 0 Å². The monoisotopic (exact) mass is 194 g/mol. The molecule has 2 heteroatoms. The number of rotatable bonds is 2. The Kier molecular flexibility index (Phi) is 3.95. The summed E-state index contributed by atoms with van der Waals surface area (Å²) < 4.78 is 0. The highest BCUT2D eigenvalue weighted by Gasteiger charge is 2.33. The molecule has 0 amide bonds. The smallest absolute Gasteiger partial charge is 0.0843 e. The SMILES string of the molecule is CC(C)(C)C1CCCCC1NCC#N. The Morgan fingerprint density at radius 3 is 2.50 bits per heavy atom. The van der Waals surface area contributed by atoms with Crippen molar-refractivity contribution < 1.29 is 0 Å². The number of hydrogen-bond donors (Lipinski definition) is 1. The van der Waals surface area contributed by atoms with Crippen LogP contribution in [0.2, 0.25) is 0 Å². The van der Waals surface area contributed by atoms with E-state index in [4.69, 9.17) is 5.26 Å². The minimum absolute atomic E-state index is 0.369. The molecule has 14 heavy (non-hydrogen) atoms. The fraction of sp³-hybridized carbons (Fsp3) is 0.917. The Labute approximate surface area is 87.7 Å². The molecule has 0 spiro atoms. The Hall–Kier alpha value is -0.550. The minimum Gasteiger partial charge on any atom is -0.301 e. The van der Waals surface area contributed by atoms with Crippen LogP contribution in [0, 0.1) is 22.7 Å². The van der Waals surface area contributed by atoms with Crippen LogP contribution < -0.4 is 5.32 Å². The summed E-state index contributed by atoms with van der Waals surface area (Å²) >= 11 is 0. The molecule has 1 rings (SSSR count). The van der Waals surface area contributed by atoms with Crippen LogP contribution in [-0.4, -0.2) is 12.6 Å². The van der Waals surface area contributed by atoms with Gasteiger partial charge in [0.25, 0.3) is 0 Å². The third kappa shape index (κ3) is 2.99. The maximum absolute atomic E-state index is 8.57. The lowest BCUT2D eigenvalue weighted by Gasteiger charge is -2.40. The van der Waals surface area contributed by atoms with Gasteiger partial charge in [-0.2, -0.15) is 5.26 Å². The first-order valence-electron chi connectivity index (χ1n) is 5.66. The van der Waals surface area contributed by atoms with Crippen LogP contribution >= 0.6 is 0 Å². The van der Waals surface area contributed by atoms with Crippen LogP contribution in [0.15, 0.2) is 0 Å². The van der Waals surface area contributed by atoms with E-state index in [0.717, 1.165) is 5.92 Å². The second kappa shape index (κ2) is 4.79. The highest BCUT2D eigenvalue weighted by atomic mass is 14.9. The van der Waals surface area contributed by atoms with Crippen LogP contribution in [0.4, 0.5) is 0 Å². The highest BCUT2D eigenvalue weighted by molar-refractivity contribution is 4.90. The zero-order valence-corrected chi connectivity index (χ0v) is 9.64. The minimum atomic E-state index is 0.369. The standard InChI is InChI=1S/C12H22N2/c1-12(2,3)10-6-4-5-7-11(10)14-9-8-13/h10-11,14H,4-7,9H2,1-3H3. The number of nitrogens with one attached hydrogen (secondary N) is 1. The van der Waals surface area contributed by atoms with Crippen molar-refractivity contribution in [2.75, 3.05) is 6.54 Å². The molecule has 1 fully saturated rings. The van der Waals surface area contributed by atoms with E-state index in [1.54, 1.807) is 0 Å². The lowest BCUT2D eigenvalue weighted by molar-refractivity contribution is 0.134. The first-order valence-corrected chi connectivity index (χ1v) is 5.66. The average Bonchev–Trinajstić information content (AvgIpc) is 2.14. The third-order valence-electron chi connectivity index (χ3n) is 3.32. The third-order valence-corrected chi connectivity index (χ3v) is 3.32. The molecule has 2 atom stereocenters. The predicted molar refractivity (Wildman–Crippen MR) is 58.8 cm³/mol.